The van der Waals surface area contributed by atoms with Gasteiger partial charge in [-0.2, -0.15) is 4.39 Å². The lowest BCUT2D eigenvalue weighted by atomic mass is 10.00. The second-order valence-corrected chi connectivity index (χ2v) is 10.3. The normalized spacial score (nSPS) is 11.2. The molecule has 3 rings (SSSR count). The Bertz CT molecular complexity index is 991. The van der Waals surface area contributed by atoms with Crippen LogP contribution in [0.5, 0.6) is 0 Å². The predicted octanol–water partition coefficient (Wildman–Crippen LogP) is 10.8. The van der Waals surface area contributed by atoms with Gasteiger partial charge in [0.1, 0.15) is 0 Å². The highest BCUT2D eigenvalue weighted by Crippen LogP contribution is 2.26. The van der Waals surface area contributed by atoms with Crippen LogP contribution in [0.15, 0.2) is 60.7 Å². The number of hydrogen-bond acceptors (Lipinski definition) is 1. The fraction of sp³-hybridized carbons (Fsp3) is 0.500. The zero-order chi connectivity index (χ0) is 25.4. The van der Waals surface area contributed by atoms with Gasteiger partial charge in [-0.15, -0.1) is 0 Å². The molecule has 0 atom stereocenters. The van der Waals surface area contributed by atoms with E-state index in [2.05, 4.69) is 55.2 Å². The van der Waals surface area contributed by atoms with Crippen LogP contribution < -0.4 is 0 Å². The van der Waals surface area contributed by atoms with Crippen molar-refractivity contribution >= 4 is 0 Å². The van der Waals surface area contributed by atoms with Crippen LogP contribution in [0.1, 0.15) is 108 Å². The summed E-state index contributed by atoms with van der Waals surface area (Å²) in [6.07, 6.45) is 19.3. The molecule has 0 unspecified atom stereocenters. The van der Waals surface area contributed by atoms with Gasteiger partial charge in [0.2, 0.25) is 5.95 Å². The molecule has 0 spiro atoms. The first-order valence-electron chi connectivity index (χ1n) is 14.6. The maximum absolute atomic E-state index is 15.0. The summed E-state index contributed by atoms with van der Waals surface area (Å²) in [4.78, 5) is 4.30. The van der Waals surface area contributed by atoms with Crippen molar-refractivity contribution in [3.63, 3.8) is 0 Å². The number of pyridine rings is 1. The number of nitrogens with zero attached hydrogens (tertiary/aromatic N) is 1. The quantitative estimate of drug-likeness (QED) is 0.136. The van der Waals surface area contributed by atoms with Gasteiger partial charge in [-0.05, 0) is 54.5 Å². The molecule has 0 saturated heterocycles. The maximum atomic E-state index is 15.0. The van der Waals surface area contributed by atoms with Crippen molar-refractivity contribution in [3.05, 3.63) is 77.7 Å². The third-order valence-electron chi connectivity index (χ3n) is 7.25. The summed E-state index contributed by atoms with van der Waals surface area (Å²) in [6, 6.07) is 20.6. The fourth-order valence-electron chi connectivity index (χ4n) is 4.90. The molecule has 0 radical (unpaired) electrons. The second-order valence-electron chi connectivity index (χ2n) is 10.3. The van der Waals surface area contributed by atoms with Crippen LogP contribution in [0, 0.1) is 5.95 Å². The van der Waals surface area contributed by atoms with Gasteiger partial charge in [0.05, 0.1) is 5.69 Å². The van der Waals surface area contributed by atoms with Crippen LogP contribution in [0.25, 0.3) is 22.4 Å². The lowest BCUT2D eigenvalue weighted by Crippen LogP contribution is -1.94. The summed E-state index contributed by atoms with van der Waals surface area (Å²) in [5, 5.41) is 0. The van der Waals surface area contributed by atoms with Gasteiger partial charge in [0, 0.05) is 11.1 Å². The molecule has 2 heteroatoms. The summed E-state index contributed by atoms with van der Waals surface area (Å²) in [5.41, 5.74) is 5.81. The van der Waals surface area contributed by atoms with Crippen molar-refractivity contribution in [1.82, 2.24) is 4.98 Å². The highest BCUT2D eigenvalue weighted by atomic mass is 19.1. The second kappa shape index (κ2) is 16.3. The first-order valence-corrected chi connectivity index (χ1v) is 14.6. The van der Waals surface area contributed by atoms with Crippen LogP contribution in [0.4, 0.5) is 4.39 Å². The molecule has 0 N–H and O–H groups in total. The Morgan fingerprint density at radius 3 is 1.42 bits per heavy atom. The van der Waals surface area contributed by atoms with Gasteiger partial charge in [0.25, 0.3) is 0 Å². The van der Waals surface area contributed by atoms with Gasteiger partial charge in [-0.3, -0.25) is 0 Å². The Hall–Kier alpha value is -2.48. The van der Waals surface area contributed by atoms with Crippen LogP contribution >= 0.6 is 0 Å². The molecule has 0 aliphatic rings. The van der Waals surface area contributed by atoms with Gasteiger partial charge in [-0.1, -0.05) is 133 Å². The van der Waals surface area contributed by atoms with E-state index in [0.717, 1.165) is 24.0 Å². The van der Waals surface area contributed by atoms with Gasteiger partial charge in [0.15, 0.2) is 0 Å². The van der Waals surface area contributed by atoms with Crippen LogP contribution in [-0.2, 0) is 12.8 Å². The molecule has 36 heavy (non-hydrogen) atoms. The maximum Gasteiger partial charge on any atom is 0.221 e. The number of rotatable bonds is 17. The van der Waals surface area contributed by atoms with Crippen molar-refractivity contribution in [3.8, 4) is 22.4 Å². The lowest BCUT2D eigenvalue weighted by molar-refractivity contribution is 0.589. The molecule has 194 valence electrons. The SMILES string of the molecule is CCCCCCCCCc1ccc(-c2ccc(-c3ccc(CCCCCCCC)cc3)c(F)n2)cc1. The molecule has 0 saturated carbocycles. The molecular weight excluding hydrogens is 441 g/mol. The van der Waals surface area contributed by atoms with Crippen molar-refractivity contribution in [2.45, 2.75) is 110 Å². The Balaban J connectivity index is 1.49. The molecule has 0 bridgehead atoms. The Kier molecular flexibility index (Phi) is 12.7. The van der Waals surface area contributed by atoms with Gasteiger partial charge in [-0.25, -0.2) is 4.98 Å². The fourth-order valence-corrected chi connectivity index (χ4v) is 4.90. The van der Waals surface area contributed by atoms with Crippen molar-refractivity contribution in [2.24, 2.45) is 0 Å². The van der Waals surface area contributed by atoms with E-state index in [1.165, 1.54) is 94.6 Å². The van der Waals surface area contributed by atoms with E-state index in [9.17, 15) is 4.39 Å². The van der Waals surface area contributed by atoms with E-state index in [1.807, 2.05) is 24.3 Å². The number of aryl methyl sites for hydroxylation is 2. The number of aromatic nitrogens is 1. The number of unbranched alkanes of at least 4 members (excludes halogenated alkanes) is 11. The predicted molar refractivity (Wildman–Crippen MR) is 154 cm³/mol. The molecule has 0 aliphatic carbocycles. The minimum Gasteiger partial charge on any atom is -0.219 e. The zero-order valence-electron chi connectivity index (χ0n) is 22.7. The molecule has 1 aromatic heterocycles. The molecule has 1 nitrogen and oxygen atoms in total. The Morgan fingerprint density at radius 1 is 0.500 bits per heavy atom. The van der Waals surface area contributed by atoms with E-state index in [4.69, 9.17) is 0 Å². The standard InChI is InChI=1S/C34H46FN/c1-3-5-7-9-11-13-15-17-29-20-24-31(25-21-29)33-27-26-32(34(35)36-33)30-22-18-28(19-23-30)16-14-12-10-8-6-4-2/h18-27H,3-17H2,1-2H3. The smallest absolute Gasteiger partial charge is 0.219 e. The molecule has 0 amide bonds. The molecule has 0 fully saturated rings. The van der Waals surface area contributed by atoms with Crippen molar-refractivity contribution in [1.29, 1.82) is 0 Å². The third kappa shape index (κ3) is 9.52. The van der Waals surface area contributed by atoms with E-state index in [-0.39, 0.29) is 0 Å². The zero-order valence-corrected chi connectivity index (χ0v) is 22.7. The molecule has 2 aromatic carbocycles. The third-order valence-corrected chi connectivity index (χ3v) is 7.25. The highest BCUT2D eigenvalue weighted by Gasteiger charge is 2.09. The Morgan fingerprint density at radius 2 is 0.944 bits per heavy atom. The van der Waals surface area contributed by atoms with Crippen LogP contribution in [0.3, 0.4) is 0 Å². The number of benzene rings is 2. The van der Waals surface area contributed by atoms with Crippen LogP contribution in [0.2, 0.25) is 0 Å². The molecule has 0 aliphatic heterocycles. The Labute approximate surface area is 219 Å². The summed E-state index contributed by atoms with van der Waals surface area (Å²) >= 11 is 0. The molecule has 3 aromatic rings. The number of hydrogen-bond donors (Lipinski definition) is 0. The first kappa shape index (κ1) is 28.1. The number of halogens is 1. The molecular formula is C34H46FN. The average molecular weight is 488 g/mol. The minimum absolute atomic E-state index is 0.400. The topological polar surface area (TPSA) is 12.9 Å². The van der Waals surface area contributed by atoms with Gasteiger partial charge >= 0.3 is 0 Å². The van der Waals surface area contributed by atoms with Crippen molar-refractivity contribution < 1.29 is 4.39 Å². The monoisotopic (exact) mass is 487 g/mol. The summed E-state index contributed by atoms with van der Waals surface area (Å²) in [5.74, 6) is -0.400. The van der Waals surface area contributed by atoms with Crippen molar-refractivity contribution in [2.75, 3.05) is 0 Å². The van der Waals surface area contributed by atoms with E-state index < -0.39 is 5.95 Å². The van der Waals surface area contributed by atoms with Gasteiger partial charge < -0.3 is 0 Å². The highest BCUT2D eigenvalue weighted by molar-refractivity contribution is 5.67. The van der Waals surface area contributed by atoms with Crippen LogP contribution in [-0.4, -0.2) is 4.98 Å². The largest absolute Gasteiger partial charge is 0.221 e. The first-order chi connectivity index (χ1) is 17.7. The summed E-state index contributed by atoms with van der Waals surface area (Å²) in [7, 11) is 0. The van der Waals surface area contributed by atoms with E-state index >= 15 is 0 Å². The van der Waals surface area contributed by atoms with E-state index in [0.29, 0.717) is 11.3 Å². The van der Waals surface area contributed by atoms with E-state index in [1.54, 1.807) is 0 Å². The summed E-state index contributed by atoms with van der Waals surface area (Å²) in [6.45, 7) is 4.51. The molecule has 1 heterocycles. The summed E-state index contributed by atoms with van der Waals surface area (Å²) < 4.78 is 15.0. The minimum atomic E-state index is -0.400. The average Bonchev–Trinajstić information content (AvgIpc) is 2.91. The lowest BCUT2D eigenvalue weighted by Gasteiger charge is -2.08.